The first-order valence-electron chi connectivity index (χ1n) is 6.86. The molecule has 2 rings (SSSR count). The number of rotatable bonds is 7. The summed E-state index contributed by atoms with van der Waals surface area (Å²) in [5.74, 6) is 0. The molecule has 0 aliphatic carbocycles. The van der Waals surface area contributed by atoms with E-state index in [-0.39, 0.29) is 6.04 Å². The molecule has 0 spiro atoms. The van der Waals surface area contributed by atoms with Crippen molar-refractivity contribution in [2.75, 3.05) is 11.9 Å². The number of thiophene rings is 1. The molecule has 1 heterocycles. The third kappa shape index (κ3) is 4.84. The summed E-state index contributed by atoms with van der Waals surface area (Å²) in [6, 6.07) is 10.9. The lowest BCUT2D eigenvalue weighted by molar-refractivity contribution is 0.570. The maximum absolute atomic E-state index is 12.0. The van der Waals surface area contributed by atoms with Crippen molar-refractivity contribution in [2.24, 2.45) is 0 Å². The molecule has 1 aromatic heterocycles. The summed E-state index contributed by atoms with van der Waals surface area (Å²) in [6.45, 7) is 4.44. The first-order valence-corrected chi connectivity index (χ1v) is 9.22. The van der Waals surface area contributed by atoms with Gasteiger partial charge in [0.2, 0.25) is 10.0 Å². The number of sulfonamides is 1. The zero-order chi connectivity index (χ0) is 15.3. The smallest absolute Gasteiger partial charge is 0.240 e. The van der Waals surface area contributed by atoms with Gasteiger partial charge in [-0.1, -0.05) is 6.07 Å². The Kier molecular flexibility index (Phi) is 5.39. The quantitative estimate of drug-likeness (QED) is 0.823. The van der Waals surface area contributed by atoms with E-state index in [2.05, 4.69) is 21.5 Å². The fourth-order valence-electron chi connectivity index (χ4n) is 1.92. The van der Waals surface area contributed by atoms with E-state index in [1.807, 2.05) is 6.07 Å². The first-order chi connectivity index (χ1) is 9.97. The van der Waals surface area contributed by atoms with Crippen molar-refractivity contribution in [1.29, 1.82) is 0 Å². The Morgan fingerprint density at radius 3 is 2.43 bits per heavy atom. The third-order valence-electron chi connectivity index (χ3n) is 2.84. The molecule has 0 saturated heterocycles. The lowest BCUT2D eigenvalue weighted by atomic mass is 10.3. The first kappa shape index (κ1) is 16.0. The summed E-state index contributed by atoms with van der Waals surface area (Å²) in [5, 5.41) is 5.36. The van der Waals surface area contributed by atoms with E-state index in [1.54, 1.807) is 49.4 Å². The zero-order valence-corrected chi connectivity index (χ0v) is 13.8. The van der Waals surface area contributed by atoms with Crippen LogP contribution in [0.5, 0.6) is 0 Å². The van der Waals surface area contributed by atoms with Crippen LogP contribution in [-0.2, 0) is 16.4 Å². The second kappa shape index (κ2) is 7.06. The van der Waals surface area contributed by atoms with Crippen LogP contribution in [0.25, 0.3) is 0 Å². The molecule has 0 aliphatic heterocycles. The minimum atomic E-state index is -3.41. The zero-order valence-electron chi connectivity index (χ0n) is 12.2. The molecule has 0 aliphatic rings. The maximum atomic E-state index is 12.0. The highest BCUT2D eigenvalue weighted by Gasteiger charge is 2.14. The number of benzene rings is 1. The van der Waals surface area contributed by atoms with Crippen LogP contribution >= 0.6 is 11.3 Å². The Bertz CT molecular complexity index is 647. The van der Waals surface area contributed by atoms with Gasteiger partial charge in [0.15, 0.2) is 0 Å². The third-order valence-corrected chi connectivity index (χ3v) is 5.45. The van der Waals surface area contributed by atoms with Gasteiger partial charge in [0, 0.05) is 23.2 Å². The molecule has 21 heavy (non-hydrogen) atoms. The standard InChI is InChI=1S/C15H20N2O2S2/c1-12(2)17-21(18,19)15-7-5-13(6-8-15)16-10-9-14-4-3-11-20-14/h3-8,11-12,16-17H,9-10H2,1-2H3. The van der Waals surface area contributed by atoms with Crippen LogP contribution in [0, 0.1) is 0 Å². The van der Waals surface area contributed by atoms with Gasteiger partial charge in [-0.2, -0.15) is 0 Å². The normalized spacial score (nSPS) is 11.8. The van der Waals surface area contributed by atoms with Gasteiger partial charge >= 0.3 is 0 Å². The van der Waals surface area contributed by atoms with Gasteiger partial charge in [0.1, 0.15) is 0 Å². The van der Waals surface area contributed by atoms with Gasteiger partial charge in [-0.15, -0.1) is 11.3 Å². The van der Waals surface area contributed by atoms with E-state index >= 15 is 0 Å². The van der Waals surface area contributed by atoms with Crippen LogP contribution in [0.3, 0.4) is 0 Å². The SMILES string of the molecule is CC(C)NS(=O)(=O)c1ccc(NCCc2cccs2)cc1. The molecular weight excluding hydrogens is 304 g/mol. The van der Waals surface area contributed by atoms with E-state index in [4.69, 9.17) is 0 Å². The molecule has 4 nitrogen and oxygen atoms in total. The molecule has 1 aromatic carbocycles. The predicted molar refractivity (Wildman–Crippen MR) is 88.4 cm³/mol. The van der Waals surface area contributed by atoms with Crippen LogP contribution in [0.1, 0.15) is 18.7 Å². The molecule has 2 N–H and O–H groups in total. The summed E-state index contributed by atoms with van der Waals surface area (Å²) >= 11 is 1.74. The minimum absolute atomic E-state index is 0.112. The Labute approximate surface area is 130 Å². The van der Waals surface area contributed by atoms with Gasteiger partial charge in [-0.25, -0.2) is 13.1 Å². The minimum Gasteiger partial charge on any atom is -0.385 e. The Morgan fingerprint density at radius 2 is 1.86 bits per heavy atom. The highest BCUT2D eigenvalue weighted by molar-refractivity contribution is 7.89. The molecule has 0 unspecified atom stereocenters. The van der Waals surface area contributed by atoms with E-state index in [9.17, 15) is 8.42 Å². The summed E-state index contributed by atoms with van der Waals surface area (Å²) in [6.07, 6.45) is 0.965. The molecule has 2 aromatic rings. The number of nitrogens with one attached hydrogen (secondary N) is 2. The van der Waals surface area contributed by atoms with Crippen molar-refractivity contribution in [3.8, 4) is 0 Å². The highest BCUT2D eigenvalue weighted by atomic mass is 32.2. The number of hydrogen-bond acceptors (Lipinski definition) is 4. The van der Waals surface area contributed by atoms with E-state index in [0.717, 1.165) is 18.7 Å². The lowest BCUT2D eigenvalue weighted by Crippen LogP contribution is -2.30. The molecule has 0 radical (unpaired) electrons. The molecule has 0 bridgehead atoms. The van der Waals surface area contributed by atoms with Gasteiger partial charge < -0.3 is 5.32 Å². The highest BCUT2D eigenvalue weighted by Crippen LogP contribution is 2.15. The Hall–Kier alpha value is -1.37. The number of anilines is 1. The monoisotopic (exact) mass is 324 g/mol. The molecule has 114 valence electrons. The topological polar surface area (TPSA) is 58.2 Å². The van der Waals surface area contributed by atoms with E-state index < -0.39 is 10.0 Å². The van der Waals surface area contributed by atoms with Crippen molar-refractivity contribution >= 4 is 27.0 Å². The van der Waals surface area contributed by atoms with Gasteiger partial charge in [-0.05, 0) is 56.0 Å². The molecular formula is C15H20N2O2S2. The Balaban J connectivity index is 1.92. The van der Waals surface area contributed by atoms with Gasteiger partial charge in [0.05, 0.1) is 4.90 Å². The van der Waals surface area contributed by atoms with Crippen LogP contribution in [0.4, 0.5) is 5.69 Å². The Morgan fingerprint density at radius 1 is 1.14 bits per heavy atom. The molecule has 0 atom stereocenters. The average Bonchev–Trinajstić information content (AvgIpc) is 2.91. The van der Waals surface area contributed by atoms with E-state index in [1.165, 1.54) is 4.88 Å². The fourth-order valence-corrected chi connectivity index (χ4v) is 3.88. The molecule has 0 amide bonds. The van der Waals surface area contributed by atoms with Crippen LogP contribution in [0.15, 0.2) is 46.7 Å². The summed E-state index contributed by atoms with van der Waals surface area (Å²) in [7, 11) is -3.41. The van der Waals surface area contributed by atoms with Crippen molar-refractivity contribution in [3.05, 3.63) is 46.7 Å². The largest absolute Gasteiger partial charge is 0.385 e. The van der Waals surface area contributed by atoms with Gasteiger partial charge in [0.25, 0.3) is 0 Å². The summed E-state index contributed by atoms with van der Waals surface area (Å²) in [4.78, 5) is 1.63. The van der Waals surface area contributed by atoms with E-state index in [0.29, 0.717) is 4.90 Å². The lowest BCUT2D eigenvalue weighted by Gasteiger charge is -2.10. The summed E-state index contributed by atoms with van der Waals surface area (Å²) in [5.41, 5.74) is 0.926. The average molecular weight is 324 g/mol. The summed E-state index contributed by atoms with van der Waals surface area (Å²) < 4.78 is 26.6. The molecule has 0 fully saturated rings. The van der Waals surface area contributed by atoms with Gasteiger partial charge in [-0.3, -0.25) is 0 Å². The van der Waals surface area contributed by atoms with Crippen LogP contribution in [-0.4, -0.2) is 21.0 Å². The second-order valence-electron chi connectivity index (χ2n) is 5.06. The molecule has 6 heteroatoms. The molecule has 0 saturated carbocycles. The fraction of sp³-hybridized carbons (Fsp3) is 0.333. The van der Waals surface area contributed by atoms with Crippen LogP contribution < -0.4 is 10.0 Å². The predicted octanol–water partition coefficient (Wildman–Crippen LogP) is 3.09. The van der Waals surface area contributed by atoms with Crippen molar-refractivity contribution in [2.45, 2.75) is 31.2 Å². The van der Waals surface area contributed by atoms with Crippen molar-refractivity contribution in [3.63, 3.8) is 0 Å². The second-order valence-corrected chi connectivity index (χ2v) is 7.80. The maximum Gasteiger partial charge on any atom is 0.240 e. The van der Waals surface area contributed by atoms with Crippen LogP contribution in [0.2, 0.25) is 0 Å². The van der Waals surface area contributed by atoms with Crippen molar-refractivity contribution < 1.29 is 8.42 Å². The van der Waals surface area contributed by atoms with Crippen molar-refractivity contribution in [1.82, 2.24) is 4.72 Å². The number of hydrogen-bond donors (Lipinski definition) is 2.